The number of rotatable bonds is 7. The second-order valence-corrected chi connectivity index (χ2v) is 3.63. The van der Waals surface area contributed by atoms with Crippen molar-refractivity contribution >= 4 is 5.97 Å². The van der Waals surface area contributed by atoms with Crippen LogP contribution < -0.4 is 0 Å². The van der Waals surface area contributed by atoms with Crippen molar-refractivity contribution in [2.75, 3.05) is 20.3 Å². The van der Waals surface area contributed by atoms with E-state index in [9.17, 15) is 4.79 Å². The van der Waals surface area contributed by atoms with Gasteiger partial charge in [0.2, 0.25) is 0 Å². The van der Waals surface area contributed by atoms with Gasteiger partial charge in [0.1, 0.15) is 0 Å². The zero-order valence-corrected chi connectivity index (χ0v) is 9.49. The van der Waals surface area contributed by atoms with Crippen LogP contribution in [0.5, 0.6) is 0 Å². The van der Waals surface area contributed by atoms with E-state index in [1.54, 1.807) is 7.11 Å². The second kappa shape index (κ2) is 6.79. The zero-order valence-electron chi connectivity index (χ0n) is 9.49. The van der Waals surface area contributed by atoms with E-state index in [2.05, 4.69) is 6.92 Å². The van der Waals surface area contributed by atoms with Crippen LogP contribution in [0.1, 0.15) is 27.2 Å². The Bertz CT molecular complexity index is 173. The van der Waals surface area contributed by atoms with Crippen LogP contribution in [0.3, 0.4) is 0 Å². The third-order valence-electron chi connectivity index (χ3n) is 2.45. The van der Waals surface area contributed by atoms with Crippen LogP contribution in [0.15, 0.2) is 0 Å². The summed E-state index contributed by atoms with van der Waals surface area (Å²) < 4.78 is 5.03. The van der Waals surface area contributed by atoms with Crippen molar-refractivity contribution in [1.82, 2.24) is 4.90 Å². The van der Waals surface area contributed by atoms with Gasteiger partial charge in [-0.25, -0.2) is 0 Å². The van der Waals surface area contributed by atoms with Crippen LogP contribution in [0, 0.1) is 0 Å². The van der Waals surface area contributed by atoms with E-state index >= 15 is 0 Å². The fourth-order valence-electron chi connectivity index (χ4n) is 1.47. The summed E-state index contributed by atoms with van der Waals surface area (Å²) in [5, 5.41) is 8.76. The summed E-state index contributed by atoms with van der Waals surface area (Å²) in [5.74, 6) is -0.784. The van der Waals surface area contributed by atoms with Crippen molar-refractivity contribution in [3.05, 3.63) is 0 Å². The molecule has 4 heteroatoms. The molecule has 2 unspecified atom stereocenters. The molecule has 0 fully saturated rings. The smallest absolute Gasteiger partial charge is 0.317 e. The highest BCUT2D eigenvalue weighted by Gasteiger charge is 2.21. The molecule has 14 heavy (non-hydrogen) atoms. The Kier molecular flexibility index (Phi) is 6.49. The summed E-state index contributed by atoms with van der Waals surface area (Å²) in [6.07, 6.45) is 0.946. The summed E-state index contributed by atoms with van der Waals surface area (Å²) in [4.78, 5) is 12.6. The quantitative estimate of drug-likeness (QED) is 0.675. The van der Waals surface area contributed by atoms with Crippen molar-refractivity contribution < 1.29 is 14.6 Å². The lowest BCUT2D eigenvalue weighted by molar-refractivity contribution is -0.139. The van der Waals surface area contributed by atoms with Gasteiger partial charge < -0.3 is 9.84 Å². The van der Waals surface area contributed by atoms with Gasteiger partial charge in [-0.05, 0) is 20.3 Å². The first-order valence-electron chi connectivity index (χ1n) is 4.99. The Balaban J connectivity index is 4.29. The van der Waals surface area contributed by atoms with Crippen LogP contribution in [-0.2, 0) is 9.53 Å². The van der Waals surface area contributed by atoms with E-state index in [1.165, 1.54) is 0 Å². The third-order valence-corrected chi connectivity index (χ3v) is 2.45. The first-order chi connectivity index (χ1) is 6.52. The van der Waals surface area contributed by atoms with Gasteiger partial charge in [-0.15, -0.1) is 0 Å². The monoisotopic (exact) mass is 203 g/mol. The molecule has 0 rings (SSSR count). The predicted octanol–water partition coefficient (Wildman–Crippen LogP) is 1.21. The molecule has 0 aromatic carbocycles. The Morgan fingerprint density at radius 3 is 2.36 bits per heavy atom. The zero-order chi connectivity index (χ0) is 11.1. The fourth-order valence-corrected chi connectivity index (χ4v) is 1.47. The Hall–Kier alpha value is -0.610. The van der Waals surface area contributed by atoms with Gasteiger partial charge >= 0.3 is 5.97 Å². The number of nitrogens with zero attached hydrogens (tertiary/aromatic N) is 1. The lowest BCUT2D eigenvalue weighted by Gasteiger charge is -2.32. The highest BCUT2D eigenvalue weighted by Crippen LogP contribution is 2.08. The highest BCUT2D eigenvalue weighted by atomic mass is 16.5. The van der Waals surface area contributed by atoms with Crippen molar-refractivity contribution in [1.29, 1.82) is 0 Å². The summed E-state index contributed by atoms with van der Waals surface area (Å²) in [5.41, 5.74) is 0. The topological polar surface area (TPSA) is 49.8 Å². The predicted molar refractivity (Wildman–Crippen MR) is 55.4 cm³/mol. The molecule has 0 aliphatic carbocycles. The lowest BCUT2D eigenvalue weighted by atomic mass is 10.1. The highest BCUT2D eigenvalue weighted by molar-refractivity contribution is 5.69. The molecule has 0 saturated heterocycles. The van der Waals surface area contributed by atoms with Crippen molar-refractivity contribution in [2.24, 2.45) is 0 Å². The van der Waals surface area contributed by atoms with E-state index in [4.69, 9.17) is 9.84 Å². The van der Waals surface area contributed by atoms with Crippen LogP contribution in [0.25, 0.3) is 0 Å². The number of carbonyl (C=O) groups is 1. The molecular formula is C10H21NO3. The van der Waals surface area contributed by atoms with Crippen LogP contribution >= 0.6 is 0 Å². The van der Waals surface area contributed by atoms with Gasteiger partial charge in [0.25, 0.3) is 0 Å². The Morgan fingerprint density at radius 2 is 2.00 bits per heavy atom. The minimum absolute atomic E-state index is 0.0829. The Morgan fingerprint density at radius 1 is 1.43 bits per heavy atom. The molecule has 4 nitrogen and oxygen atoms in total. The average molecular weight is 203 g/mol. The van der Waals surface area contributed by atoms with E-state index in [0.29, 0.717) is 6.61 Å². The molecule has 0 saturated carbocycles. The molecule has 0 bridgehead atoms. The molecule has 0 aromatic heterocycles. The second-order valence-electron chi connectivity index (χ2n) is 3.63. The number of aliphatic carboxylic acids is 1. The van der Waals surface area contributed by atoms with Crippen LogP contribution in [0.4, 0.5) is 0 Å². The van der Waals surface area contributed by atoms with Gasteiger partial charge in [-0.3, -0.25) is 9.69 Å². The molecule has 0 radical (unpaired) electrons. The van der Waals surface area contributed by atoms with Crippen molar-refractivity contribution in [3.63, 3.8) is 0 Å². The molecule has 1 N–H and O–H groups in total. The lowest BCUT2D eigenvalue weighted by Crippen LogP contribution is -2.45. The molecule has 0 heterocycles. The van der Waals surface area contributed by atoms with E-state index in [0.717, 1.165) is 6.42 Å². The largest absolute Gasteiger partial charge is 0.480 e. The minimum atomic E-state index is -0.784. The number of carboxylic acid groups (broad SMARTS) is 1. The summed E-state index contributed by atoms with van der Waals surface area (Å²) >= 11 is 0. The molecule has 0 spiro atoms. The van der Waals surface area contributed by atoms with Crippen LogP contribution in [-0.4, -0.2) is 48.3 Å². The Labute approximate surface area is 85.9 Å². The first kappa shape index (κ1) is 13.4. The van der Waals surface area contributed by atoms with E-state index in [-0.39, 0.29) is 18.6 Å². The maximum absolute atomic E-state index is 10.7. The number of carboxylic acids is 1. The van der Waals surface area contributed by atoms with Crippen molar-refractivity contribution in [2.45, 2.75) is 39.3 Å². The normalized spacial score (nSPS) is 15.5. The SMILES string of the molecule is CCC(C)N(CC(=O)O)C(C)COC. The van der Waals surface area contributed by atoms with Gasteiger partial charge in [0.15, 0.2) is 0 Å². The van der Waals surface area contributed by atoms with E-state index < -0.39 is 5.97 Å². The van der Waals surface area contributed by atoms with Gasteiger partial charge in [-0.1, -0.05) is 6.92 Å². The number of hydrogen-bond donors (Lipinski definition) is 1. The van der Waals surface area contributed by atoms with Crippen LogP contribution in [0.2, 0.25) is 0 Å². The molecule has 0 aromatic rings. The molecule has 2 atom stereocenters. The molecule has 0 aliphatic heterocycles. The molecule has 84 valence electrons. The third kappa shape index (κ3) is 4.58. The maximum atomic E-state index is 10.7. The molecule has 0 aliphatic rings. The number of methoxy groups -OCH3 is 1. The van der Waals surface area contributed by atoms with Crippen molar-refractivity contribution in [3.8, 4) is 0 Å². The minimum Gasteiger partial charge on any atom is -0.480 e. The number of ether oxygens (including phenoxy) is 1. The standard InChI is InChI=1S/C10H21NO3/c1-5-8(2)11(6-10(12)13)9(3)7-14-4/h8-9H,5-7H2,1-4H3,(H,12,13). The number of hydrogen-bond acceptors (Lipinski definition) is 3. The van der Waals surface area contributed by atoms with E-state index in [1.807, 2.05) is 18.7 Å². The first-order valence-corrected chi connectivity index (χ1v) is 4.99. The van der Waals surface area contributed by atoms with Gasteiger partial charge in [0, 0.05) is 19.2 Å². The summed E-state index contributed by atoms with van der Waals surface area (Å²) in [7, 11) is 1.63. The molecule has 0 amide bonds. The summed E-state index contributed by atoms with van der Waals surface area (Å²) in [6.45, 7) is 6.73. The fraction of sp³-hybridized carbons (Fsp3) is 0.900. The summed E-state index contributed by atoms with van der Waals surface area (Å²) in [6, 6.07) is 0.419. The average Bonchev–Trinajstić information content (AvgIpc) is 2.13. The van der Waals surface area contributed by atoms with Gasteiger partial charge in [0.05, 0.1) is 13.2 Å². The maximum Gasteiger partial charge on any atom is 0.317 e. The molecular weight excluding hydrogens is 182 g/mol. The van der Waals surface area contributed by atoms with Gasteiger partial charge in [-0.2, -0.15) is 0 Å².